The number of benzene rings is 1. The second kappa shape index (κ2) is 9.46. The van der Waals surface area contributed by atoms with Crippen molar-refractivity contribution in [3.8, 4) is 11.3 Å². The van der Waals surface area contributed by atoms with Crippen LogP contribution in [0, 0.1) is 6.92 Å². The molecule has 0 saturated heterocycles. The van der Waals surface area contributed by atoms with E-state index in [1.165, 1.54) is 25.7 Å². The summed E-state index contributed by atoms with van der Waals surface area (Å²) in [6, 6.07) is 8.16. The summed E-state index contributed by atoms with van der Waals surface area (Å²) in [5.41, 5.74) is 3.51. The van der Waals surface area contributed by atoms with E-state index in [2.05, 4.69) is 58.2 Å². The zero-order chi connectivity index (χ0) is 19.1. The Balaban J connectivity index is 1.72. The topological polar surface area (TPSA) is 67.1 Å². The largest absolute Gasteiger partial charge is 0.369 e. The van der Waals surface area contributed by atoms with Crippen molar-refractivity contribution in [3.05, 3.63) is 36.2 Å². The number of fused-ring (bicyclic) bond motifs is 1. The highest BCUT2D eigenvalue weighted by molar-refractivity contribution is 5.98. The van der Waals surface area contributed by atoms with Crippen LogP contribution in [0.5, 0.6) is 0 Å². The molecule has 27 heavy (non-hydrogen) atoms. The molecule has 2 aromatic heterocycles. The van der Waals surface area contributed by atoms with Gasteiger partial charge in [-0.15, -0.1) is 0 Å². The molecule has 6 nitrogen and oxygen atoms in total. The standard InChI is InChI=1S/C21H29N5O/c1-4-6-13-26(5-2)14-9-12-22-20-18-19(17-11-8-7-10-16(17)3)25-27-21(18)24-15-23-20/h7-8,10-11,15H,4-6,9,12-14H2,1-3H3,(H,22,23,24). The minimum atomic E-state index is 0.517. The molecule has 144 valence electrons. The Labute approximate surface area is 161 Å². The molecule has 0 unspecified atom stereocenters. The number of nitrogens with zero attached hydrogens (tertiary/aromatic N) is 4. The highest BCUT2D eigenvalue weighted by atomic mass is 16.5. The van der Waals surface area contributed by atoms with E-state index in [1.807, 2.05) is 12.1 Å². The minimum Gasteiger partial charge on any atom is -0.369 e. The first-order valence-corrected chi connectivity index (χ1v) is 9.87. The predicted octanol–water partition coefficient (Wildman–Crippen LogP) is 4.52. The monoisotopic (exact) mass is 367 g/mol. The fraction of sp³-hybridized carbons (Fsp3) is 0.476. The van der Waals surface area contributed by atoms with Crippen molar-refractivity contribution in [3.63, 3.8) is 0 Å². The molecule has 0 radical (unpaired) electrons. The Kier molecular flexibility index (Phi) is 6.76. The number of nitrogens with one attached hydrogen (secondary N) is 1. The molecule has 0 fully saturated rings. The van der Waals surface area contributed by atoms with Gasteiger partial charge in [0.2, 0.25) is 0 Å². The van der Waals surface area contributed by atoms with E-state index in [1.54, 1.807) is 0 Å². The zero-order valence-corrected chi connectivity index (χ0v) is 16.5. The van der Waals surface area contributed by atoms with Gasteiger partial charge in [-0.05, 0) is 45.0 Å². The summed E-state index contributed by atoms with van der Waals surface area (Å²) < 4.78 is 5.46. The summed E-state index contributed by atoms with van der Waals surface area (Å²) in [4.78, 5) is 11.2. The van der Waals surface area contributed by atoms with Crippen LogP contribution in [-0.4, -0.2) is 46.2 Å². The number of hydrogen-bond acceptors (Lipinski definition) is 6. The SMILES string of the molecule is CCCCN(CC)CCCNc1ncnc2onc(-c3ccccc3C)c12. The molecule has 0 atom stereocenters. The van der Waals surface area contributed by atoms with Crippen LogP contribution in [0.15, 0.2) is 35.1 Å². The first-order valence-electron chi connectivity index (χ1n) is 9.87. The third-order valence-corrected chi connectivity index (χ3v) is 4.89. The van der Waals surface area contributed by atoms with Gasteiger partial charge in [0.1, 0.15) is 23.2 Å². The van der Waals surface area contributed by atoms with Crippen LogP contribution in [0.25, 0.3) is 22.4 Å². The molecule has 0 spiro atoms. The van der Waals surface area contributed by atoms with Gasteiger partial charge in [-0.25, -0.2) is 4.98 Å². The summed E-state index contributed by atoms with van der Waals surface area (Å²) in [6.07, 6.45) is 5.09. The van der Waals surface area contributed by atoms with Crippen LogP contribution in [-0.2, 0) is 0 Å². The Morgan fingerprint density at radius 2 is 1.89 bits per heavy atom. The second-order valence-corrected chi connectivity index (χ2v) is 6.82. The van der Waals surface area contributed by atoms with Gasteiger partial charge >= 0.3 is 0 Å². The van der Waals surface area contributed by atoms with Gasteiger partial charge in [0.05, 0.1) is 0 Å². The maximum atomic E-state index is 5.46. The molecule has 6 heteroatoms. The third-order valence-electron chi connectivity index (χ3n) is 4.89. The highest BCUT2D eigenvalue weighted by Gasteiger charge is 2.17. The van der Waals surface area contributed by atoms with Crippen molar-refractivity contribution in [2.45, 2.75) is 40.0 Å². The molecule has 2 heterocycles. The van der Waals surface area contributed by atoms with E-state index in [0.717, 1.165) is 54.1 Å². The number of hydrogen-bond donors (Lipinski definition) is 1. The summed E-state index contributed by atoms with van der Waals surface area (Å²) >= 11 is 0. The van der Waals surface area contributed by atoms with Crippen molar-refractivity contribution in [2.75, 3.05) is 31.5 Å². The van der Waals surface area contributed by atoms with Crippen molar-refractivity contribution < 1.29 is 4.52 Å². The maximum absolute atomic E-state index is 5.46. The lowest BCUT2D eigenvalue weighted by molar-refractivity contribution is 0.282. The van der Waals surface area contributed by atoms with Crippen LogP contribution in [0.1, 0.15) is 38.7 Å². The summed E-state index contributed by atoms with van der Waals surface area (Å²) in [7, 11) is 0. The van der Waals surface area contributed by atoms with E-state index < -0.39 is 0 Å². The summed E-state index contributed by atoms with van der Waals surface area (Å²) in [5, 5.41) is 8.58. The second-order valence-electron chi connectivity index (χ2n) is 6.82. The van der Waals surface area contributed by atoms with Gasteiger partial charge in [0, 0.05) is 12.1 Å². The van der Waals surface area contributed by atoms with Crippen LogP contribution in [0.2, 0.25) is 0 Å². The molecular formula is C21H29N5O. The summed E-state index contributed by atoms with van der Waals surface area (Å²) in [5.74, 6) is 0.788. The Morgan fingerprint density at radius 1 is 1.07 bits per heavy atom. The fourth-order valence-electron chi connectivity index (χ4n) is 3.26. The van der Waals surface area contributed by atoms with Crippen LogP contribution in [0.4, 0.5) is 5.82 Å². The molecule has 0 amide bonds. The van der Waals surface area contributed by atoms with E-state index in [4.69, 9.17) is 4.52 Å². The van der Waals surface area contributed by atoms with Gasteiger partial charge in [-0.2, -0.15) is 4.98 Å². The predicted molar refractivity (Wildman–Crippen MR) is 110 cm³/mol. The number of rotatable bonds is 10. The zero-order valence-electron chi connectivity index (χ0n) is 16.5. The average Bonchev–Trinajstić information content (AvgIpc) is 3.12. The number of aryl methyl sites for hydroxylation is 1. The minimum absolute atomic E-state index is 0.517. The number of anilines is 1. The molecule has 0 aliphatic carbocycles. The lowest BCUT2D eigenvalue weighted by Crippen LogP contribution is -2.27. The fourth-order valence-corrected chi connectivity index (χ4v) is 3.26. The van der Waals surface area contributed by atoms with E-state index >= 15 is 0 Å². The Hall–Kier alpha value is -2.47. The molecule has 0 saturated carbocycles. The van der Waals surface area contributed by atoms with Crippen molar-refractivity contribution in [2.24, 2.45) is 0 Å². The molecule has 1 N–H and O–H groups in total. The number of unbranched alkanes of at least 4 members (excludes halogenated alkanes) is 1. The maximum Gasteiger partial charge on any atom is 0.263 e. The van der Waals surface area contributed by atoms with Gasteiger partial charge in [-0.3, -0.25) is 0 Å². The average molecular weight is 367 g/mol. The summed E-state index contributed by atoms with van der Waals surface area (Å²) in [6.45, 7) is 10.7. The molecule has 3 rings (SSSR count). The smallest absolute Gasteiger partial charge is 0.263 e. The van der Waals surface area contributed by atoms with Crippen molar-refractivity contribution in [1.29, 1.82) is 0 Å². The lowest BCUT2D eigenvalue weighted by Gasteiger charge is -2.20. The molecule has 0 bridgehead atoms. The van der Waals surface area contributed by atoms with E-state index in [-0.39, 0.29) is 0 Å². The van der Waals surface area contributed by atoms with Gasteiger partial charge in [0.25, 0.3) is 5.71 Å². The molecule has 1 aromatic carbocycles. The van der Waals surface area contributed by atoms with Gasteiger partial charge in [0.15, 0.2) is 0 Å². The lowest BCUT2D eigenvalue weighted by atomic mass is 10.0. The van der Waals surface area contributed by atoms with Crippen molar-refractivity contribution in [1.82, 2.24) is 20.0 Å². The third kappa shape index (κ3) is 4.63. The molecule has 0 aliphatic heterocycles. The quantitative estimate of drug-likeness (QED) is 0.532. The first-order chi connectivity index (χ1) is 13.2. The molecule has 0 aliphatic rings. The molecular weight excluding hydrogens is 338 g/mol. The van der Waals surface area contributed by atoms with E-state index in [0.29, 0.717) is 5.71 Å². The molecule has 3 aromatic rings. The highest BCUT2D eigenvalue weighted by Crippen LogP contribution is 2.32. The van der Waals surface area contributed by atoms with E-state index in [9.17, 15) is 0 Å². The van der Waals surface area contributed by atoms with Crippen molar-refractivity contribution >= 4 is 16.9 Å². The van der Waals surface area contributed by atoms with Crippen LogP contribution < -0.4 is 5.32 Å². The number of aromatic nitrogens is 3. The normalized spacial score (nSPS) is 11.4. The van der Waals surface area contributed by atoms with Crippen LogP contribution in [0.3, 0.4) is 0 Å². The van der Waals surface area contributed by atoms with Gasteiger partial charge < -0.3 is 14.7 Å². The first kappa shape index (κ1) is 19.3. The van der Waals surface area contributed by atoms with Gasteiger partial charge in [-0.1, -0.05) is 49.7 Å². The Bertz CT molecular complexity index is 861. The van der Waals surface area contributed by atoms with Crippen LogP contribution >= 0.6 is 0 Å². The Morgan fingerprint density at radius 3 is 2.67 bits per heavy atom.